The van der Waals surface area contributed by atoms with Gasteiger partial charge >= 0.3 is 12.1 Å². The zero-order valence-electron chi connectivity index (χ0n) is 18.4. The van der Waals surface area contributed by atoms with Crippen molar-refractivity contribution in [3.05, 3.63) is 53.3 Å². The summed E-state index contributed by atoms with van der Waals surface area (Å²) in [5, 5.41) is 0.893. The maximum Gasteiger partial charge on any atom is 0.419 e. The molecule has 0 amide bonds. The number of nitrogens with one attached hydrogen (secondary N) is 1. The molecular weight excluding hydrogens is 435 g/mol. The molecule has 0 unspecified atom stereocenters. The standard InChI is InChI=1S/C24H26F3N3O3/c1-2-32-22(31)8-5-18-12-17-13-19(6-7-21(17)29-18)33-15-16-11-20(24(25,26)27)23(28-14-16)30-9-3-4-10-30/h6-7,11-14,29H,2-5,8-10,15H2,1H3. The van der Waals surface area contributed by atoms with Crippen molar-refractivity contribution in [1.29, 1.82) is 0 Å². The summed E-state index contributed by atoms with van der Waals surface area (Å²) in [6.07, 6.45) is -0.479. The number of hydrogen-bond donors (Lipinski definition) is 1. The lowest BCUT2D eigenvalue weighted by Crippen LogP contribution is -2.23. The lowest BCUT2D eigenvalue weighted by molar-refractivity contribution is -0.143. The third kappa shape index (κ3) is 5.58. The number of fused-ring (bicyclic) bond motifs is 1. The summed E-state index contributed by atoms with van der Waals surface area (Å²) in [5.74, 6) is 0.284. The smallest absolute Gasteiger partial charge is 0.419 e. The van der Waals surface area contributed by atoms with Gasteiger partial charge < -0.3 is 19.4 Å². The number of aromatic nitrogens is 2. The lowest BCUT2D eigenvalue weighted by atomic mass is 10.1. The van der Waals surface area contributed by atoms with Crippen molar-refractivity contribution in [2.24, 2.45) is 0 Å². The molecule has 9 heteroatoms. The molecule has 4 rings (SSSR count). The Kier molecular flexibility index (Phi) is 6.76. The SMILES string of the molecule is CCOC(=O)CCc1cc2cc(OCc3cnc(N4CCCC4)c(C(F)(F)F)c3)ccc2[nH]1. The summed E-state index contributed by atoms with van der Waals surface area (Å²) in [5.41, 5.74) is 1.41. The van der Waals surface area contributed by atoms with Crippen LogP contribution >= 0.6 is 0 Å². The average molecular weight is 461 g/mol. The first-order valence-corrected chi connectivity index (χ1v) is 11.0. The molecule has 6 nitrogen and oxygen atoms in total. The average Bonchev–Trinajstić information content (AvgIpc) is 3.45. The quantitative estimate of drug-likeness (QED) is 0.464. The van der Waals surface area contributed by atoms with Crippen molar-refractivity contribution < 1.29 is 27.4 Å². The number of halogens is 3. The van der Waals surface area contributed by atoms with Crippen LogP contribution in [-0.2, 0) is 28.7 Å². The Balaban J connectivity index is 1.44. The van der Waals surface area contributed by atoms with Crippen LogP contribution in [-0.4, -0.2) is 35.6 Å². The Morgan fingerprint density at radius 3 is 2.70 bits per heavy atom. The highest BCUT2D eigenvalue weighted by Gasteiger charge is 2.36. The number of H-pyrrole nitrogens is 1. The van der Waals surface area contributed by atoms with E-state index in [1.54, 1.807) is 17.9 Å². The summed E-state index contributed by atoms with van der Waals surface area (Å²) in [7, 11) is 0. The van der Waals surface area contributed by atoms with Crippen LogP contribution < -0.4 is 9.64 Å². The zero-order chi connectivity index (χ0) is 23.4. The van der Waals surface area contributed by atoms with Crippen LogP contribution in [0.4, 0.5) is 19.0 Å². The van der Waals surface area contributed by atoms with E-state index in [4.69, 9.17) is 9.47 Å². The first kappa shape index (κ1) is 22.9. The molecule has 3 heterocycles. The number of rotatable bonds is 8. The number of ether oxygens (including phenoxy) is 2. The van der Waals surface area contributed by atoms with Gasteiger partial charge in [-0.2, -0.15) is 13.2 Å². The molecule has 0 spiro atoms. The van der Waals surface area contributed by atoms with E-state index < -0.39 is 11.7 Å². The molecule has 0 bridgehead atoms. The van der Waals surface area contributed by atoms with Crippen molar-refractivity contribution in [3.8, 4) is 5.75 Å². The summed E-state index contributed by atoms with van der Waals surface area (Å²) in [4.78, 5) is 20.6. The first-order chi connectivity index (χ1) is 15.8. The minimum absolute atomic E-state index is 0.00663. The highest BCUT2D eigenvalue weighted by atomic mass is 19.4. The highest BCUT2D eigenvalue weighted by molar-refractivity contribution is 5.82. The fourth-order valence-electron chi connectivity index (χ4n) is 4.00. The number of alkyl halides is 3. The minimum Gasteiger partial charge on any atom is -0.489 e. The Labute approximate surface area is 189 Å². The molecule has 3 aromatic rings. The number of aryl methyl sites for hydroxylation is 1. The Hall–Kier alpha value is -3.23. The first-order valence-electron chi connectivity index (χ1n) is 11.0. The van der Waals surface area contributed by atoms with E-state index >= 15 is 0 Å². The van der Waals surface area contributed by atoms with Crippen molar-refractivity contribution >= 4 is 22.7 Å². The van der Waals surface area contributed by atoms with E-state index in [1.165, 1.54) is 6.20 Å². The van der Waals surface area contributed by atoms with Crippen molar-refractivity contribution in [3.63, 3.8) is 0 Å². The Bertz CT molecular complexity index is 1120. The highest BCUT2D eigenvalue weighted by Crippen LogP contribution is 2.37. The number of hydrogen-bond acceptors (Lipinski definition) is 5. The van der Waals surface area contributed by atoms with Gasteiger partial charge in [0.05, 0.1) is 18.6 Å². The van der Waals surface area contributed by atoms with Gasteiger partial charge in [-0.1, -0.05) is 0 Å². The summed E-state index contributed by atoms with van der Waals surface area (Å²) < 4.78 is 51.6. The second-order valence-electron chi connectivity index (χ2n) is 8.04. The van der Waals surface area contributed by atoms with Gasteiger partial charge in [0, 0.05) is 41.4 Å². The topological polar surface area (TPSA) is 67.5 Å². The van der Waals surface area contributed by atoms with E-state index in [9.17, 15) is 18.0 Å². The minimum atomic E-state index is -4.48. The molecule has 0 radical (unpaired) electrons. The number of carbonyl (C=O) groups excluding carboxylic acids is 1. The van der Waals surface area contributed by atoms with Crippen LogP contribution in [0.25, 0.3) is 10.9 Å². The van der Waals surface area contributed by atoms with Gasteiger partial charge in [0.25, 0.3) is 0 Å². The molecular formula is C24H26F3N3O3. The molecule has 33 heavy (non-hydrogen) atoms. The number of aromatic amines is 1. The maximum absolute atomic E-state index is 13.6. The van der Waals surface area contributed by atoms with E-state index in [0.29, 0.717) is 37.4 Å². The largest absolute Gasteiger partial charge is 0.489 e. The van der Waals surface area contributed by atoms with Gasteiger partial charge in [0.15, 0.2) is 0 Å². The fraction of sp³-hybridized carbons (Fsp3) is 0.417. The molecule has 1 aromatic carbocycles. The van der Waals surface area contributed by atoms with Crippen LogP contribution in [0, 0.1) is 0 Å². The van der Waals surface area contributed by atoms with Crippen LogP contribution in [0.5, 0.6) is 5.75 Å². The second-order valence-corrected chi connectivity index (χ2v) is 8.04. The van der Waals surface area contributed by atoms with Crippen molar-refractivity contribution in [2.45, 2.75) is 45.4 Å². The number of nitrogens with zero attached hydrogens (tertiary/aromatic N) is 2. The molecule has 1 N–H and O–H groups in total. The molecule has 0 atom stereocenters. The third-order valence-corrected chi connectivity index (χ3v) is 5.59. The van der Waals surface area contributed by atoms with Gasteiger partial charge in [-0.3, -0.25) is 4.79 Å². The zero-order valence-corrected chi connectivity index (χ0v) is 18.4. The van der Waals surface area contributed by atoms with Crippen molar-refractivity contribution in [2.75, 3.05) is 24.6 Å². The van der Waals surface area contributed by atoms with E-state index in [0.717, 1.165) is 35.5 Å². The molecule has 2 aromatic heterocycles. The van der Waals surface area contributed by atoms with Gasteiger partial charge in [-0.05, 0) is 56.5 Å². The van der Waals surface area contributed by atoms with Crippen LogP contribution in [0.3, 0.4) is 0 Å². The van der Waals surface area contributed by atoms with E-state index in [2.05, 4.69) is 9.97 Å². The van der Waals surface area contributed by atoms with Crippen LogP contribution in [0.1, 0.15) is 43.0 Å². The predicted molar refractivity (Wildman–Crippen MR) is 118 cm³/mol. The Morgan fingerprint density at radius 1 is 1.18 bits per heavy atom. The van der Waals surface area contributed by atoms with E-state index in [-0.39, 0.29) is 24.8 Å². The third-order valence-electron chi connectivity index (χ3n) is 5.59. The van der Waals surface area contributed by atoms with Gasteiger partial charge in [-0.15, -0.1) is 0 Å². The fourth-order valence-corrected chi connectivity index (χ4v) is 4.00. The number of esters is 1. The second kappa shape index (κ2) is 9.72. The molecule has 0 saturated carbocycles. The van der Waals surface area contributed by atoms with Gasteiger partial charge in [0.2, 0.25) is 0 Å². The monoisotopic (exact) mass is 461 g/mol. The molecule has 1 aliphatic rings. The number of benzene rings is 1. The van der Waals surface area contributed by atoms with E-state index in [1.807, 2.05) is 18.2 Å². The molecule has 1 saturated heterocycles. The van der Waals surface area contributed by atoms with Gasteiger partial charge in [-0.25, -0.2) is 4.98 Å². The number of pyridine rings is 1. The summed E-state index contributed by atoms with van der Waals surface area (Å²) >= 11 is 0. The number of anilines is 1. The maximum atomic E-state index is 13.6. The van der Waals surface area contributed by atoms with Crippen LogP contribution in [0.2, 0.25) is 0 Å². The summed E-state index contributed by atoms with van der Waals surface area (Å²) in [6.45, 7) is 3.27. The summed E-state index contributed by atoms with van der Waals surface area (Å²) in [6, 6.07) is 8.47. The normalized spacial score (nSPS) is 14.1. The molecule has 1 fully saturated rings. The number of carbonyl (C=O) groups is 1. The molecule has 0 aliphatic carbocycles. The predicted octanol–water partition coefficient (Wildman–Crippen LogP) is 5.26. The van der Waals surface area contributed by atoms with Gasteiger partial charge in [0.1, 0.15) is 18.2 Å². The molecule has 1 aliphatic heterocycles. The Morgan fingerprint density at radius 2 is 1.97 bits per heavy atom. The van der Waals surface area contributed by atoms with Crippen molar-refractivity contribution in [1.82, 2.24) is 9.97 Å². The lowest BCUT2D eigenvalue weighted by Gasteiger charge is -2.22. The van der Waals surface area contributed by atoms with Crippen LogP contribution in [0.15, 0.2) is 36.5 Å². The molecule has 176 valence electrons.